The molecule has 184 valence electrons. The lowest BCUT2D eigenvalue weighted by Gasteiger charge is -2.19. The molecule has 0 bridgehead atoms. The van der Waals surface area contributed by atoms with Crippen molar-refractivity contribution in [1.29, 1.82) is 0 Å². The molecule has 0 spiro atoms. The zero-order valence-electron chi connectivity index (χ0n) is 20.8. The lowest BCUT2D eigenvalue weighted by Crippen LogP contribution is -2.32. The summed E-state index contributed by atoms with van der Waals surface area (Å²) in [5.41, 5.74) is 4.33. The van der Waals surface area contributed by atoms with E-state index in [1.54, 1.807) is 6.92 Å². The lowest BCUT2D eigenvalue weighted by molar-refractivity contribution is -0.142. The molecular formula is C29H33NO5. The maximum absolute atomic E-state index is 12.0. The number of hydrogen-bond donors (Lipinski definition) is 1. The fourth-order valence-corrected chi connectivity index (χ4v) is 3.51. The number of esters is 1. The molecule has 0 aliphatic carbocycles. The van der Waals surface area contributed by atoms with E-state index < -0.39 is 11.7 Å². The minimum atomic E-state index is -0.534. The molecule has 0 radical (unpaired) electrons. The predicted molar refractivity (Wildman–Crippen MR) is 136 cm³/mol. The molecule has 0 unspecified atom stereocenters. The molecule has 1 N–H and O–H groups in total. The van der Waals surface area contributed by atoms with Gasteiger partial charge >= 0.3 is 12.1 Å². The Hall–Kier alpha value is -3.80. The molecule has 1 amide bonds. The van der Waals surface area contributed by atoms with Gasteiger partial charge in [-0.2, -0.15) is 0 Å². The fourth-order valence-electron chi connectivity index (χ4n) is 3.51. The van der Waals surface area contributed by atoms with E-state index in [1.165, 1.54) is 0 Å². The Kier molecular flexibility index (Phi) is 8.90. The van der Waals surface area contributed by atoms with Crippen LogP contribution in [0.25, 0.3) is 11.1 Å². The number of carbonyl (C=O) groups excluding carboxylic acids is 2. The third-order valence-corrected chi connectivity index (χ3v) is 5.03. The van der Waals surface area contributed by atoms with Gasteiger partial charge < -0.3 is 19.5 Å². The van der Waals surface area contributed by atoms with Crippen LogP contribution in [0.2, 0.25) is 0 Å². The van der Waals surface area contributed by atoms with Crippen molar-refractivity contribution in [3.05, 3.63) is 89.5 Å². The number of amides is 1. The second-order valence-corrected chi connectivity index (χ2v) is 9.13. The van der Waals surface area contributed by atoms with E-state index in [0.29, 0.717) is 25.5 Å². The van der Waals surface area contributed by atoms with Gasteiger partial charge in [0.25, 0.3) is 0 Å². The second kappa shape index (κ2) is 12.1. The quantitative estimate of drug-likeness (QED) is 0.381. The normalized spacial score (nSPS) is 11.0. The largest absolute Gasteiger partial charge is 0.489 e. The van der Waals surface area contributed by atoms with E-state index >= 15 is 0 Å². The molecule has 35 heavy (non-hydrogen) atoms. The summed E-state index contributed by atoms with van der Waals surface area (Å²) >= 11 is 0. The summed E-state index contributed by atoms with van der Waals surface area (Å²) in [5, 5.41) is 2.80. The monoisotopic (exact) mass is 475 g/mol. The van der Waals surface area contributed by atoms with Crippen LogP contribution in [0.3, 0.4) is 0 Å². The molecule has 3 rings (SSSR count). The average Bonchev–Trinajstić information content (AvgIpc) is 2.82. The molecule has 6 heteroatoms. The summed E-state index contributed by atoms with van der Waals surface area (Å²) in [4.78, 5) is 23.9. The van der Waals surface area contributed by atoms with Crippen LogP contribution in [0.15, 0.2) is 72.8 Å². The SMILES string of the molecule is CCOC(=O)Cc1ccccc1OCc1cccc(-c2cccc(CNC(=O)OC(C)(C)C)c2)c1. The van der Waals surface area contributed by atoms with Crippen LogP contribution in [0.4, 0.5) is 4.79 Å². The summed E-state index contributed by atoms with van der Waals surface area (Å²) in [6.45, 7) is 8.40. The highest BCUT2D eigenvalue weighted by molar-refractivity contribution is 5.73. The average molecular weight is 476 g/mol. The number of ether oxygens (including phenoxy) is 3. The van der Waals surface area contributed by atoms with Crippen molar-refractivity contribution in [2.24, 2.45) is 0 Å². The van der Waals surface area contributed by atoms with E-state index in [4.69, 9.17) is 14.2 Å². The van der Waals surface area contributed by atoms with Gasteiger partial charge in [0.2, 0.25) is 0 Å². The first-order valence-corrected chi connectivity index (χ1v) is 11.7. The first kappa shape index (κ1) is 25.8. The molecule has 0 saturated carbocycles. The van der Waals surface area contributed by atoms with Crippen LogP contribution in [-0.2, 0) is 33.8 Å². The van der Waals surface area contributed by atoms with Crippen LogP contribution in [0.1, 0.15) is 44.4 Å². The minimum Gasteiger partial charge on any atom is -0.489 e. The minimum absolute atomic E-state index is 0.175. The second-order valence-electron chi connectivity index (χ2n) is 9.13. The summed E-state index contributed by atoms with van der Waals surface area (Å²) in [7, 11) is 0. The number of benzene rings is 3. The molecule has 0 fully saturated rings. The summed E-state index contributed by atoms with van der Waals surface area (Å²) < 4.78 is 16.4. The molecule has 0 aliphatic rings. The van der Waals surface area contributed by atoms with Crippen LogP contribution in [0, 0.1) is 0 Å². The summed E-state index contributed by atoms with van der Waals surface area (Å²) in [6, 6.07) is 23.6. The molecule has 0 atom stereocenters. The molecular weight excluding hydrogens is 442 g/mol. The van der Waals surface area contributed by atoms with Gasteiger partial charge in [-0.3, -0.25) is 4.79 Å². The third kappa shape index (κ3) is 8.49. The highest BCUT2D eigenvalue weighted by atomic mass is 16.6. The molecule has 0 aromatic heterocycles. The maximum atomic E-state index is 12.0. The van der Waals surface area contributed by atoms with E-state index in [9.17, 15) is 9.59 Å². The Labute approximate surface area is 207 Å². The standard InChI is InChI=1S/C29H33NO5/c1-5-33-27(31)18-25-12-6-7-15-26(25)34-20-22-11-9-14-24(17-22)23-13-8-10-21(16-23)19-30-28(32)35-29(2,3)4/h6-17H,5,18-20H2,1-4H3,(H,30,32). The number of hydrogen-bond acceptors (Lipinski definition) is 5. The number of rotatable bonds is 9. The zero-order chi connectivity index (χ0) is 25.3. The van der Waals surface area contributed by atoms with Crippen molar-refractivity contribution >= 4 is 12.1 Å². The molecule has 3 aromatic rings. The van der Waals surface area contributed by atoms with Crippen molar-refractivity contribution in [3.8, 4) is 16.9 Å². The van der Waals surface area contributed by atoms with Crippen molar-refractivity contribution in [2.75, 3.05) is 6.61 Å². The molecule has 0 saturated heterocycles. The smallest absolute Gasteiger partial charge is 0.407 e. The lowest BCUT2D eigenvalue weighted by atomic mass is 10.0. The van der Waals surface area contributed by atoms with Crippen LogP contribution in [0.5, 0.6) is 5.75 Å². The van der Waals surface area contributed by atoms with Gasteiger partial charge in [0.1, 0.15) is 18.0 Å². The number of nitrogens with one attached hydrogen (secondary N) is 1. The molecule has 0 aliphatic heterocycles. The highest BCUT2D eigenvalue weighted by Crippen LogP contribution is 2.24. The molecule has 3 aromatic carbocycles. The Morgan fingerprint density at radius 1 is 0.857 bits per heavy atom. The number of alkyl carbamates (subject to hydrolysis) is 1. The Morgan fingerprint density at radius 3 is 2.20 bits per heavy atom. The van der Waals surface area contributed by atoms with Crippen molar-refractivity contribution in [1.82, 2.24) is 5.32 Å². The van der Waals surface area contributed by atoms with Crippen molar-refractivity contribution in [2.45, 2.75) is 52.9 Å². The topological polar surface area (TPSA) is 73.9 Å². The molecule has 6 nitrogen and oxygen atoms in total. The van der Waals surface area contributed by atoms with Gasteiger partial charge in [-0.1, -0.05) is 54.6 Å². The Morgan fingerprint density at radius 2 is 1.51 bits per heavy atom. The van der Waals surface area contributed by atoms with Crippen LogP contribution in [-0.4, -0.2) is 24.3 Å². The Balaban J connectivity index is 1.66. The first-order chi connectivity index (χ1) is 16.7. The van der Waals surface area contributed by atoms with Gasteiger partial charge in [0, 0.05) is 12.1 Å². The predicted octanol–water partition coefficient (Wildman–Crippen LogP) is 6.06. The van der Waals surface area contributed by atoms with E-state index in [2.05, 4.69) is 11.4 Å². The van der Waals surface area contributed by atoms with Crippen LogP contribution < -0.4 is 10.1 Å². The summed E-state index contributed by atoms with van der Waals surface area (Å²) in [6.07, 6.45) is -0.265. The van der Waals surface area contributed by atoms with Gasteiger partial charge in [-0.05, 0) is 68.1 Å². The third-order valence-electron chi connectivity index (χ3n) is 5.03. The van der Waals surface area contributed by atoms with E-state index in [-0.39, 0.29) is 12.4 Å². The van der Waals surface area contributed by atoms with Crippen molar-refractivity contribution < 1.29 is 23.8 Å². The van der Waals surface area contributed by atoms with Gasteiger partial charge in [-0.25, -0.2) is 4.79 Å². The Bertz CT molecular complexity index is 1150. The van der Waals surface area contributed by atoms with Crippen LogP contribution >= 0.6 is 0 Å². The van der Waals surface area contributed by atoms with E-state index in [1.807, 2.05) is 87.5 Å². The van der Waals surface area contributed by atoms with Gasteiger partial charge in [0.05, 0.1) is 13.0 Å². The van der Waals surface area contributed by atoms with Crippen molar-refractivity contribution in [3.63, 3.8) is 0 Å². The van der Waals surface area contributed by atoms with Gasteiger partial charge in [-0.15, -0.1) is 0 Å². The van der Waals surface area contributed by atoms with Gasteiger partial charge in [0.15, 0.2) is 0 Å². The van der Waals surface area contributed by atoms with E-state index in [0.717, 1.165) is 27.8 Å². The fraction of sp³-hybridized carbons (Fsp3) is 0.310. The molecule has 0 heterocycles. The number of carbonyl (C=O) groups is 2. The number of para-hydroxylation sites is 1. The maximum Gasteiger partial charge on any atom is 0.407 e. The highest BCUT2D eigenvalue weighted by Gasteiger charge is 2.15. The zero-order valence-corrected chi connectivity index (χ0v) is 20.8. The first-order valence-electron chi connectivity index (χ1n) is 11.7. The summed E-state index contributed by atoms with van der Waals surface area (Å²) in [5.74, 6) is 0.396.